The first-order valence-corrected chi connectivity index (χ1v) is 7.32. The first-order chi connectivity index (χ1) is 8.47. The first kappa shape index (κ1) is 13.3. The Kier molecular flexibility index (Phi) is 3.90. The van der Waals surface area contributed by atoms with E-state index in [1.807, 2.05) is 10.3 Å². The fourth-order valence-corrected chi connectivity index (χ4v) is 2.84. The fourth-order valence-electron chi connectivity index (χ4n) is 1.93. The van der Waals surface area contributed by atoms with Crippen LogP contribution in [0.4, 0.5) is 4.79 Å². The molecule has 2 rings (SSSR count). The van der Waals surface area contributed by atoms with Crippen LogP contribution in [-0.2, 0) is 12.0 Å². The summed E-state index contributed by atoms with van der Waals surface area (Å²) in [7, 11) is 0. The Morgan fingerprint density at radius 1 is 1.44 bits per heavy atom. The highest BCUT2D eigenvalue weighted by molar-refractivity contribution is 7.09. The normalized spacial score (nSPS) is 16.1. The summed E-state index contributed by atoms with van der Waals surface area (Å²) in [5, 5.41) is 6.09. The van der Waals surface area contributed by atoms with Crippen LogP contribution in [0.3, 0.4) is 0 Å². The summed E-state index contributed by atoms with van der Waals surface area (Å²) in [6.45, 7) is 8.75. The molecule has 0 unspecified atom stereocenters. The van der Waals surface area contributed by atoms with Crippen molar-refractivity contribution in [2.24, 2.45) is 0 Å². The summed E-state index contributed by atoms with van der Waals surface area (Å²) in [5.74, 6) is 0. The van der Waals surface area contributed by atoms with Crippen LogP contribution >= 0.6 is 11.3 Å². The van der Waals surface area contributed by atoms with Crippen molar-refractivity contribution in [2.75, 3.05) is 13.1 Å². The van der Waals surface area contributed by atoms with Crippen molar-refractivity contribution < 1.29 is 4.79 Å². The molecule has 18 heavy (non-hydrogen) atoms. The van der Waals surface area contributed by atoms with Crippen LogP contribution in [-0.4, -0.2) is 29.0 Å². The maximum absolute atomic E-state index is 11.8. The molecular weight excluding hydrogens is 246 g/mol. The number of nitrogens with one attached hydrogen (secondary N) is 1. The van der Waals surface area contributed by atoms with Crippen LogP contribution in [0.25, 0.3) is 0 Å². The molecule has 0 atom stereocenters. The van der Waals surface area contributed by atoms with Crippen LogP contribution < -0.4 is 5.32 Å². The summed E-state index contributed by atoms with van der Waals surface area (Å²) in [4.78, 5) is 18.3. The van der Waals surface area contributed by atoms with Gasteiger partial charge in [0.05, 0.1) is 17.2 Å². The van der Waals surface area contributed by atoms with Crippen LogP contribution in [0.5, 0.6) is 0 Å². The predicted octanol–water partition coefficient (Wildman–Crippen LogP) is 2.75. The van der Waals surface area contributed by atoms with Gasteiger partial charge in [0.15, 0.2) is 0 Å². The van der Waals surface area contributed by atoms with Gasteiger partial charge in [-0.05, 0) is 12.8 Å². The van der Waals surface area contributed by atoms with Gasteiger partial charge in [-0.15, -0.1) is 11.3 Å². The molecule has 0 aliphatic carbocycles. The monoisotopic (exact) mass is 267 g/mol. The van der Waals surface area contributed by atoms with Crippen LogP contribution in [0, 0.1) is 0 Å². The zero-order valence-electron chi connectivity index (χ0n) is 11.3. The Morgan fingerprint density at radius 3 is 2.67 bits per heavy atom. The number of urea groups is 1. The van der Waals surface area contributed by atoms with Gasteiger partial charge in [-0.3, -0.25) is 0 Å². The third-order valence-corrected chi connectivity index (χ3v) is 4.32. The number of thiazole rings is 1. The third kappa shape index (κ3) is 3.22. The zero-order valence-corrected chi connectivity index (χ0v) is 12.1. The minimum atomic E-state index is 0.0396. The number of hydrogen-bond donors (Lipinski definition) is 1. The lowest BCUT2D eigenvalue weighted by atomic mass is 9.98. The van der Waals surface area contributed by atoms with E-state index in [-0.39, 0.29) is 11.4 Å². The van der Waals surface area contributed by atoms with Crippen LogP contribution in [0.2, 0.25) is 0 Å². The molecule has 1 fully saturated rings. The molecule has 1 aromatic heterocycles. The number of hydrogen-bond acceptors (Lipinski definition) is 3. The second-order valence-corrected chi connectivity index (χ2v) is 6.60. The molecule has 1 aromatic rings. The van der Waals surface area contributed by atoms with E-state index >= 15 is 0 Å². The topological polar surface area (TPSA) is 45.2 Å². The highest BCUT2D eigenvalue weighted by atomic mass is 32.1. The summed E-state index contributed by atoms with van der Waals surface area (Å²) in [6.07, 6.45) is 2.25. The van der Waals surface area contributed by atoms with Gasteiger partial charge in [-0.2, -0.15) is 0 Å². The van der Waals surface area contributed by atoms with Gasteiger partial charge in [0, 0.05) is 23.9 Å². The molecular formula is C13H21N3OS. The SMILES string of the molecule is CC(C)(C)c1nc(CNC(=O)N2CCCC2)cs1. The fraction of sp³-hybridized carbons (Fsp3) is 0.692. The van der Waals surface area contributed by atoms with Crippen molar-refractivity contribution in [3.8, 4) is 0 Å². The molecule has 0 bridgehead atoms. The molecule has 0 aromatic carbocycles. The first-order valence-electron chi connectivity index (χ1n) is 6.44. The Morgan fingerprint density at radius 2 is 2.11 bits per heavy atom. The Hall–Kier alpha value is -1.10. The lowest BCUT2D eigenvalue weighted by Crippen LogP contribution is -2.37. The molecule has 1 aliphatic heterocycles. The van der Waals surface area contributed by atoms with E-state index in [1.165, 1.54) is 0 Å². The molecule has 2 heterocycles. The van der Waals surface area contributed by atoms with Crippen molar-refractivity contribution in [3.63, 3.8) is 0 Å². The van der Waals surface area contributed by atoms with Gasteiger partial charge >= 0.3 is 6.03 Å². The van der Waals surface area contributed by atoms with Gasteiger partial charge in [-0.25, -0.2) is 9.78 Å². The standard InChI is InChI=1S/C13H21N3OS/c1-13(2,3)11-15-10(9-18-11)8-14-12(17)16-6-4-5-7-16/h9H,4-8H2,1-3H3,(H,14,17). The Labute approximate surface area is 112 Å². The van der Waals surface area contributed by atoms with Crippen LogP contribution in [0.15, 0.2) is 5.38 Å². The lowest BCUT2D eigenvalue weighted by Gasteiger charge is -2.15. The summed E-state index contributed by atoms with van der Waals surface area (Å²) >= 11 is 1.66. The molecule has 2 amide bonds. The second kappa shape index (κ2) is 5.26. The van der Waals surface area contributed by atoms with Gasteiger partial charge in [0.25, 0.3) is 0 Å². The smallest absolute Gasteiger partial charge is 0.317 e. The number of nitrogens with zero attached hydrogens (tertiary/aromatic N) is 2. The van der Waals surface area contributed by atoms with E-state index in [2.05, 4.69) is 31.1 Å². The Bertz CT molecular complexity index is 416. The minimum absolute atomic E-state index is 0.0396. The molecule has 1 saturated heterocycles. The van der Waals surface area contributed by atoms with Crippen molar-refractivity contribution in [1.82, 2.24) is 15.2 Å². The van der Waals surface area contributed by atoms with E-state index in [0.717, 1.165) is 36.6 Å². The quantitative estimate of drug-likeness (QED) is 0.895. The van der Waals surface area contributed by atoms with Gasteiger partial charge in [-0.1, -0.05) is 20.8 Å². The number of carbonyl (C=O) groups excluding carboxylic acids is 1. The zero-order chi connectivity index (χ0) is 13.2. The maximum atomic E-state index is 11.8. The molecule has 1 N–H and O–H groups in total. The molecule has 4 nitrogen and oxygen atoms in total. The summed E-state index contributed by atoms with van der Waals surface area (Å²) < 4.78 is 0. The number of aromatic nitrogens is 1. The van der Waals surface area contributed by atoms with E-state index in [9.17, 15) is 4.79 Å². The molecule has 1 aliphatic rings. The molecule has 5 heteroatoms. The van der Waals surface area contributed by atoms with Crippen LogP contribution in [0.1, 0.15) is 44.3 Å². The highest BCUT2D eigenvalue weighted by Crippen LogP contribution is 2.25. The third-order valence-electron chi connectivity index (χ3n) is 3.01. The maximum Gasteiger partial charge on any atom is 0.317 e. The number of amides is 2. The molecule has 100 valence electrons. The van der Waals surface area contributed by atoms with Crippen molar-refractivity contribution in [1.29, 1.82) is 0 Å². The van der Waals surface area contributed by atoms with Gasteiger partial charge < -0.3 is 10.2 Å². The number of carbonyl (C=O) groups is 1. The molecule has 0 spiro atoms. The van der Waals surface area contributed by atoms with E-state index < -0.39 is 0 Å². The van der Waals surface area contributed by atoms with Gasteiger partial charge in [0.2, 0.25) is 0 Å². The molecule has 0 radical (unpaired) electrons. The van der Waals surface area contributed by atoms with E-state index in [4.69, 9.17) is 0 Å². The van der Waals surface area contributed by atoms with Crippen molar-refractivity contribution in [2.45, 2.75) is 45.6 Å². The largest absolute Gasteiger partial charge is 0.332 e. The predicted molar refractivity (Wildman–Crippen MR) is 73.9 cm³/mol. The number of likely N-dealkylation sites (tertiary alicyclic amines) is 1. The van der Waals surface area contributed by atoms with Crippen molar-refractivity contribution >= 4 is 17.4 Å². The van der Waals surface area contributed by atoms with Gasteiger partial charge in [0.1, 0.15) is 0 Å². The molecule has 0 saturated carbocycles. The summed E-state index contributed by atoms with van der Waals surface area (Å²) in [5.41, 5.74) is 1.04. The highest BCUT2D eigenvalue weighted by Gasteiger charge is 2.19. The lowest BCUT2D eigenvalue weighted by molar-refractivity contribution is 0.208. The Balaban J connectivity index is 1.86. The van der Waals surface area contributed by atoms with E-state index in [1.54, 1.807) is 11.3 Å². The average Bonchev–Trinajstić information content (AvgIpc) is 2.96. The van der Waals surface area contributed by atoms with Crippen molar-refractivity contribution in [3.05, 3.63) is 16.1 Å². The minimum Gasteiger partial charge on any atom is -0.332 e. The number of rotatable bonds is 2. The average molecular weight is 267 g/mol. The van der Waals surface area contributed by atoms with E-state index in [0.29, 0.717) is 6.54 Å². The summed E-state index contributed by atoms with van der Waals surface area (Å²) in [6, 6.07) is 0.0396. The second-order valence-electron chi connectivity index (χ2n) is 5.75.